The fourth-order valence-electron chi connectivity index (χ4n) is 3.63. The minimum Gasteiger partial charge on any atom is -0.497 e. The van der Waals surface area contributed by atoms with Crippen LogP contribution in [0, 0.1) is 17.2 Å². The van der Waals surface area contributed by atoms with Crippen LogP contribution in [-0.2, 0) is 0 Å². The first-order valence-electron chi connectivity index (χ1n) is 8.66. The number of hydrogen-bond acceptors (Lipinski definition) is 5. The molecule has 0 saturated carbocycles. The van der Waals surface area contributed by atoms with E-state index in [1.807, 2.05) is 24.3 Å². The van der Waals surface area contributed by atoms with Crippen molar-refractivity contribution in [3.63, 3.8) is 0 Å². The van der Waals surface area contributed by atoms with Crippen molar-refractivity contribution in [2.24, 2.45) is 5.92 Å². The number of rotatable bonds is 5. The number of ether oxygens (including phenoxy) is 1. The van der Waals surface area contributed by atoms with Gasteiger partial charge in [-0.25, -0.2) is 4.98 Å². The summed E-state index contributed by atoms with van der Waals surface area (Å²) in [7, 11) is 3.88. The van der Waals surface area contributed by atoms with Crippen molar-refractivity contribution in [3.8, 4) is 11.8 Å². The van der Waals surface area contributed by atoms with Gasteiger partial charge in [0.1, 0.15) is 23.3 Å². The second-order valence-corrected chi connectivity index (χ2v) is 6.50. The van der Waals surface area contributed by atoms with Gasteiger partial charge in [0.05, 0.1) is 7.11 Å². The number of piperidine rings is 1. The summed E-state index contributed by atoms with van der Waals surface area (Å²) in [4.78, 5) is 6.74. The Morgan fingerprint density at radius 2 is 2.08 bits per heavy atom. The lowest BCUT2D eigenvalue weighted by Gasteiger charge is -2.39. The molecule has 2 heterocycles. The van der Waals surface area contributed by atoms with Crippen molar-refractivity contribution in [3.05, 3.63) is 53.7 Å². The molecule has 0 spiro atoms. The van der Waals surface area contributed by atoms with Gasteiger partial charge in [-0.15, -0.1) is 0 Å². The summed E-state index contributed by atoms with van der Waals surface area (Å²) in [5.74, 6) is 2.13. The summed E-state index contributed by atoms with van der Waals surface area (Å²) >= 11 is 0. The van der Waals surface area contributed by atoms with Crippen LogP contribution >= 0.6 is 0 Å². The predicted octanol–water partition coefficient (Wildman–Crippen LogP) is 3.46. The molecule has 0 aliphatic carbocycles. The van der Waals surface area contributed by atoms with Crippen molar-refractivity contribution in [1.82, 2.24) is 9.88 Å². The fraction of sp³-hybridized carbons (Fsp3) is 0.400. The molecule has 1 aromatic carbocycles. The summed E-state index contributed by atoms with van der Waals surface area (Å²) in [6, 6.07) is 16.3. The number of nitriles is 1. The molecular formula is C20H24N4O. The van der Waals surface area contributed by atoms with E-state index >= 15 is 0 Å². The molecule has 5 heteroatoms. The minimum absolute atomic E-state index is 0.367. The average Bonchev–Trinajstić information content (AvgIpc) is 2.67. The largest absolute Gasteiger partial charge is 0.497 e. The summed E-state index contributed by atoms with van der Waals surface area (Å²) in [5, 5.41) is 12.4. The lowest BCUT2D eigenvalue weighted by molar-refractivity contribution is 0.128. The Labute approximate surface area is 149 Å². The molecule has 2 atom stereocenters. The maximum absolute atomic E-state index is 8.99. The molecule has 5 nitrogen and oxygen atoms in total. The van der Waals surface area contributed by atoms with Crippen molar-refractivity contribution in [2.45, 2.75) is 18.9 Å². The second kappa shape index (κ2) is 8.00. The highest BCUT2D eigenvalue weighted by Gasteiger charge is 2.30. The van der Waals surface area contributed by atoms with Crippen molar-refractivity contribution in [1.29, 1.82) is 5.26 Å². The summed E-state index contributed by atoms with van der Waals surface area (Å²) < 4.78 is 5.28. The first kappa shape index (κ1) is 17.2. The SMILES string of the molecule is COc1ccc(C2C(CNc3cccc(C#N)n3)CCCN2C)cc1. The van der Waals surface area contributed by atoms with Gasteiger partial charge in [-0.3, -0.25) is 4.90 Å². The molecule has 2 aromatic rings. The van der Waals surface area contributed by atoms with Crippen LogP contribution in [0.2, 0.25) is 0 Å². The minimum atomic E-state index is 0.367. The van der Waals surface area contributed by atoms with Gasteiger partial charge in [-0.1, -0.05) is 18.2 Å². The molecule has 1 N–H and O–H groups in total. The Morgan fingerprint density at radius 3 is 2.80 bits per heavy atom. The third kappa shape index (κ3) is 4.09. The van der Waals surface area contributed by atoms with Crippen molar-refractivity contribution in [2.75, 3.05) is 32.6 Å². The number of likely N-dealkylation sites (tertiary alicyclic amines) is 1. The summed E-state index contributed by atoms with van der Waals surface area (Å²) in [5.41, 5.74) is 1.76. The number of benzene rings is 1. The van der Waals surface area contributed by atoms with Gasteiger partial charge >= 0.3 is 0 Å². The van der Waals surface area contributed by atoms with Crippen LogP contribution in [0.5, 0.6) is 5.75 Å². The number of nitrogens with one attached hydrogen (secondary N) is 1. The third-order valence-electron chi connectivity index (χ3n) is 4.87. The van der Waals surface area contributed by atoms with Gasteiger partial charge in [-0.05, 0) is 62.2 Å². The van der Waals surface area contributed by atoms with Crippen molar-refractivity contribution < 1.29 is 4.74 Å². The molecule has 0 amide bonds. The van der Waals surface area contributed by atoms with Crippen LogP contribution in [0.1, 0.15) is 30.1 Å². The second-order valence-electron chi connectivity index (χ2n) is 6.50. The van der Waals surface area contributed by atoms with E-state index in [1.165, 1.54) is 18.4 Å². The molecule has 1 aliphatic rings. The Hall–Kier alpha value is -2.58. The van der Waals surface area contributed by atoms with Crippen LogP contribution in [0.3, 0.4) is 0 Å². The number of hydrogen-bond donors (Lipinski definition) is 1. The Kier molecular flexibility index (Phi) is 5.52. The molecule has 3 rings (SSSR count). The van der Waals surface area contributed by atoms with Crippen LogP contribution in [0.4, 0.5) is 5.82 Å². The van der Waals surface area contributed by atoms with Gasteiger partial charge in [0.2, 0.25) is 0 Å². The van der Waals surface area contributed by atoms with E-state index in [9.17, 15) is 0 Å². The van der Waals surface area contributed by atoms with Gasteiger partial charge in [0.15, 0.2) is 0 Å². The molecule has 0 bridgehead atoms. The molecule has 1 fully saturated rings. The first-order valence-corrected chi connectivity index (χ1v) is 8.66. The average molecular weight is 336 g/mol. The van der Waals surface area contributed by atoms with Crippen LogP contribution in [-0.4, -0.2) is 37.1 Å². The van der Waals surface area contributed by atoms with E-state index in [1.54, 1.807) is 13.2 Å². The zero-order valence-corrected chi connectivity index (χ0v) is 14.8. The molecular weight excluding hydrogens is 312 g/mol. The number of pyridine rings is 1. The van der Waals surface area contributed by atoms with Crippen molar-refractivity contribution >= 4 is 5.82 Å². The zero-order chi connectivity index (χ0) is 17.6. The number of methoxy groups -OCH3 is 1. The number of anilines is 1. The first-order chi connectivity index (χ1) is 12.2. The molecule has 1 aliphatic heterocycles. The van der Waals surface area contributed by atoms with Crippen LogP contribution < -0.4 is 10.1 Å². The molecule has 1 aromatic heterocycles. The Morgan fingerprint density at radius 1 is 1.28 bits per heavy atom. The van der Waals surface area contributed by atoms with Crippen LogP contribution in [0.15, 0.2) is 42.5 Å². The highest BCUT2D eigenvalue weighted by atomic mass is 16.5. The van der Waals surface area contributed by atoms with Gasteiger partial charge in [0, 0.05) is 12.6 Å². The fourth-order valence-corrected chi connectivity index (χ4v) is 3.63. The lowest BCUT2D eigenvalue weighted by atomic mass is 9.85. The van der Waals surface area contributed by atoms with E-state index in [4.69, 9.17) is 10.00 Å². The zero-order valence-electron chi connectivity index (χ0n) is 14.8. The van der Waals surface area contributed by atoms with Crippen LogP contribution in [0.25, 0.3) is 0 Å². The number of nitrogens with zero attached hydrogens (tertiary/aromatic N) is 3. The Balaban J connectivity index is 1.74. The highest BCUT2D eigenvalue weighted by molar-refractivity contribution is 5.38. The summed E-state index contributed by atoms with van der Waals surface area (Å²) in [6.07, 6.45) is 2.37. The maximum Gasteiger partial charge on any atom is 0.142 e. The van der Waals surface area contributed by atoms with E-state index in [0.29, 0.717) is 17.7 Å². The highest BCUT2D eigenvalue weighted by Crippen LogP contribution is 2.35. The Bertz CT molecular complexity index is 738. The lowest BCUT2D eigenvalue weighted by Crippen LogP contribution is -2.39. The third-order valence-corrected chi connectivity index (χ3v) is 4.87. The maximum atomic E-state index is 8.99. The topological polar surface area (TPSA) is 61.2 Å². The van der Waals surface area contributed by atoms with E-state index < -0.39 is 0 Å². The number of aromatic nitrogens is 1. The summed E-state index contributed by atoms with van der Waals surface area (Å²) in [6.45, 7) is 1.94. The van der Waals surface area contributed by atoms with Gasteiger partial charge < -0.3 is 10.1 Å². The molecule has 25 heavy (non-hydrogen) atoms. The molecule has 0 radical (unpaired) electrons. The van der Waals surface area contributed by atoms with E-state index in [0.717, 1.165) is 24.7 Å². The monoisotopic (exact) mass is 336 g/mol. The van der Waals surface area contributed by atoms with Gasteiger partial charge in [0.25, 0.3) is 0 Å². The molecule has 1 saturated heterocycles. The van der Waals surface area contributed by atoms with E-state index in [-0.39, 0.29) is 0 Å². The standard InChI is InChI=1S/C20H24N4O/c1-24-12-4-5-16(14-22-19-7-3-6-17(13-21)23-19)20(24)15-8-10-18(25-2)11-9-15/h3,6-11,16,20H,4-5,12,14H2,1-2H3,(H,22,23). The molecule has 2 unspecified atom stereocenters. The normalized spacial score (nSPS) is 20.7. The smallest absolute Gasteiger partial charge is 0.142 e. The predicted molar refractivity (Wildman–Crippen MR) is 98.5 cm³/mol. The quantitative estimate of drug-likeness (QED) is 0.906. The van der Waals surface area contributed by atoms with E-state index in [2.05, 4.69) is 40.5 Å². The molecule has 130 valence electrons. The van der Waals surface area contributed by atoms with Gasteiger partial charge in [-0.2, -0.15) is 5.26 Å².